The number of aromatic nitrogens is 2. The molecule has 0 spiro atoms. The molecule has 2 aromatic heterocycles. The fourth-order valence-corrected chi connectivity index (χ4v) is 6.99. The second-order valence-electron chi connectivity index (χ2n) is 13.1. The van der Waals surface area contributed by atoms with Crippen LogP contribution >= 0.6 is 0 Å². The molecule has 0 radical (unpaired) electrons. The Labute approximate surface area is 321 Å². The SMILES string of the molecule is O=C(O)c1ccc(C(=O)O)c(-c2c3ccc(=O)c(CNc4cccc5ccc(C(=O)O)nc45)c-3oc3c(CNc4cccc5ccc(CO)nc45)c(O)ccc23)c1. The molecule has 14 nitrogen and oxygen atoms in total. The van der Waals surface area contributed by atoms with Crippen molar-refractivity contribution in [3.63, 3.8) is 0 Å². The number of aliphatic hydroxyl groups excluding tert-OH is 1. The van der Waals surface area contributed by atoms with E-state index in [0.717, 1.165) is 5.39 Å². The highest BCUT2D eigenvalue weighted by Crippen LogP contribution is 2.45. The van der Waals surface area contributed by atoms with Crippen LogP contribution in [-0.4, -0.2) is 53.4 Å². The smallest absolute Gasteiger partial charge is 0.354 e. The Bertz CT molecular complexity index is 3000. The van der Waals surface area contributed by atoms with E-state index in [4.69, 9.17) is 4.42 Å². The lowest BCUT2D eigenvalue weighted by molar-refractivity contribution is 0.0682. The van der Waals surface area contributed by atoms with E-state index in [9.17, 15) is 44.7 Å². The predicted molar refractivity (Wildman–Crippen MR) is 211 cm³/mol. The van der Waals surface area contributed by atoms with Crippen molar-refractivity contribution < 1.29 is 44.3 Å². The largest absolute Gasteiger partial charge is 0.507 e. The summed E-state index contributed by atoms with van der Waals surface area (Å²) in [7, 11) is 0. The number of carbonyl (C=O) groups is 3. The topological polar surface area (TPSA) is 232 Å². The third-order valence-electron chi connectivity index (χ3n) is 9.75. The molecule has 0 saturated carbocycles. The lowest BCUT2D eigenvalue weighted by atomic mass is 9.87. The lowest BCUT2D eigenvalue weighted by Gasteiger charge is -2.21. The average Bonchev–Trinajstić information content (AvgIpc) is 3.21. The van der Waals surface area contributed by atoms with Gasteiger partial charge in [0.1, 0.15) is 22.8 Å². The average molecular weight is 763 g/mol. The number of aromatic carboxylic acids is 3. The predicted octanol–water partition coefficient (Wildman–Crippen LogP) is 7.18. The van der Waals surface area contributed by atoms with Crippen LogP contribution in [0.1, 0.15) is 48.0 Å². The quantitative estimate of drug-likeness (QED) is 0.0647. The molecule has 282 valence electrons. The number of fused-ring (bicyclic) bond motifs is 4. The van der Waals surface area contributed by atoms with Crippen LogP contribution < -0.4 is 16.1 Å². The van der Waals surface area contributed by atoms with E-state index in [1.807, 2.05) is 18.2 Å². The summed E-state index contributed by atoms with van der Waals surface area (Å²) >= 11 is 0. The van der Waals surface area contributed by atoms with E-state index in [0.29, 0.717) is 38.9 Å². The van der Waals surface area contributed by atoms with Crippen molar-refractivity contribution in [1.29, 1.82) is 0 Å². The minimum absolute atomic E-state index is 0.0280. The molecule has 7 N–H and O–H groups in total. The highest BCUT2D eigenvalue weighted by molar-refractivity contribution is 6.10. The van der Waals surface area contributed by atoms with Crippen molar-refractivity contribution in [3.05, 3.63) is 147 Å². The van der Waals surface area contributed by atoms with E-state index < -0.39 is 23.3 Å². The van der Waals surface area contributed by atoms with Crippen LogP contribution in [0, 0.1) is 0 Å². The number of anilines is 2. The number of aromatic hydroxyl groups is 1. The maximum Gasteiger partial charge on any atom is 0.354 e. The zero-order valence-electron chi connectivity index (χ0n) is 29.6. The molecule has 2 aliphatic rings. The van der Waals surface area contributed by atoms with Gasteiger partial charge in [-0.3, -0.25) is 4.79 Å². The fourth-order valence-electron chi connectivity index (χ4n) is 6.99. The number of hydrogen-bond donors (Lipinski definition) is 7. The van der Waals surface area contributed by atoms with Gasteiger partial charge >= 0.3 is 17.9 Å². The fraction of sp³-hybridized carbons (Fsp3) is 0.0698. The van der Waals surface area contributed by atoms with Crippen molar-refractivity contribution >= 4 is 62.1 Å². The molecule has 0 bridgehead atoms. The standard InChI is InChI=1S/C43H30N4O10/c48-20-24-10-7-21-3-1-5-31(37(21)46-24)44-18-29-34(49)15-12-26-36(28-17-23(41(51)52)8-11-25(28)42(53)54)27-13-16-35(50)30(40(27)57-39(26)29)19-45-32-6-2-4-22-9-14-33(43(55)56)47-38(22)32/h1-17,44-45,48-49H,18-20H2,(H,51,52)(H,53,54)(H,55,56). The number of carboxylic acid groups (broad SMARTS) is 3. The lowest BCUT2D eigenvalue weighted by Crippen LogP contribution is -2.15. The second kappa shape index (κ2) is 14.4. The zero-order valence-corrected chi connectivity index (χ0v) is 29.6. The molecule has 0 atom stereocenters. The molecule has 0 amide bonds. The van der Waals surface area contributed by atoms with Crippen LogP contribution in [0.3, 0.4) is 0 Å². The molecule has 6 aromatic rings. The Kier molecular flexibility index (Phi) is 9.15. The maximum atomic E-state index is 13.8. The van der Waals surface area contributed by atoms with Gasteiger partial charge in [0, 0.05) is 40.4 Å². The van der Waals surface area contributed by atoms with Crippen molar-refractivity contribution in [1.82, 2.24) is 9.97 Å². The molecule has 1 aliphatic carbocycles. The van der Waals surface area contributed by atoms with E-state index in [1.165, 1.54) is 48.5 Å². The van der Waals surface area contributed by atoms with E-state index >= 15 is 0 Å². The Balaban J connectivity index is 1.34. The van der Waals surface area contributed by atoms with Gasteiger partial charge in [0.2, 0.25) is 0 Å². The Morgan fingerprint density at radius 2 is 1.35 bits per heavy atom. The molecule has 0 saturated heterocycles. The molecule has 14 heteroatoms. The molecule has 4 aromatic carbocycles. The van der Waals surface area contributed by atoms with Gasteiger partial charge in [-0.2, -0.15) is 0 Å². The summed E-state index contributed by atoms with van der Waals surface area (Å²) in [4.78, 5) is 59.2. The first-order valence-corrected chi connectivity index (χ1v) is 17.5. The van der Waals surface area contributed by atoms with Crippen LogP contribution in [-0.2, 0) is 19.7 Å². The number of nitrogens with one attached hydrogen (secondary N) is 2. The van der Waals surface area contributed by atoms with Gasteiger partial charge in [-0.15, -0.1) is 0 Å². The van der Waals surface area contributed by atoms with E-state index in [1.54, 1.807) is 36.4 Å². The highest BCUT2D eigenvalue weighted by atomic mass is 16.4. The number of pyridine rings is 2. The molecule has 0 unspecified atom stereocenters. The van der Waals surface area contributed by atoms with Crippen molar-refractivity contribution in [2.24, 2.45) is 0 Å². The normalized spacial score (nSPS) is 11.3. The summed E-state index contributed by atoms with van der Waals surface area (Å²) in [5.41, 5.74) is 2.28. The molecule has 3 heterocycles. The highest BCUT2D eigenvalue weighted by Gasteiger charge is 2.27. The third kappa shape index (κ3) is 6.55. The number of carboxylic acids is 3. The number of para-hydroxylation sites is 2. The third-order valence-corrected chi connectivity index (χ3v) is 9.75. The summed E-state index contributed by atoms with van der Waals surface area (Å²) in [5.74, 6) is -4.00. The summed E-state index contributed by atoms with van der Waals surface area (Å²) in [6.45, 7) is -0.490. The van der Waals surface area contributed by atoms with Crippen LogP contribution in [0.2, 0.25) is 0 Å². The molecule has 1 aliphatic heterocycles. The number of phenols is 1. The molecular formula is C43H30N4O10. The van der Waals surface area contributed by atoms with Gasteiger partial charge in [-0.25, -0.2) is 24.4 Å². The van der Waals surface area contributed by atoms with Gasteiger partial charge in [-0.05, 0) is 72.3 Å². The van der Waals surface area contributed by atoms with Crippen molar-refractivity contribution in [2.75, 3.05) is 10.6 Å². The summed E-state index contributed by atoms with van der Waals surface area (Å²) in [5, 5.41) is 59.2. The molecule has 8 rings (SSSR count). The minimum atomic E-state index is -1.33. The van der Waals surface area contributed by atoms with Crippen LogP contribution in [0.4, 0.5) is 11.4 Å². The Morgan fingerprint density at radius 1 is 0.667 bits per heavy atom. The van der Waals surface area contributed by atoms with Gasteiger partial charge in [-0.1, -0.05) is 36.4 Å². The number of benzene rings is 5. The first-order chi connectivity index (χ1) is 27.5. The van der Waals surface area contributed by atoms with Crippen molar-refractivity contribution in [3.8, 4) is 28.2 Å². The first kappa shape index (κ1) is 36.2. The molecular weight excluding hydrogens is 732 g/mol. The number of phenolic OH excluding ortho intramolecular Hbond substituents is 1. The van der Waals surface area contributed by atoms with Gasteiger partial charge in [0.05, 0.1) is 57.0 Å². The Hall–Kier alpha value is -7.84. The number of nitrogens with zero attached hydrogens (tertiary/aromatic N) is 2. The summed E-state index contributed by atoms with van der Waals surface area (Å²) in [6.07, 6.45) is 0. The van der Waals surface area contributed by atoms with Crippen LogP contribution in [0.15, 0.2) is 112 Å². The van der Waals surface area contributed by atoms with Crippen molar-refractivity contribution in [2.45, 2.75) is 19.7 Å². The number of hydrogen-bond acceptors (Lipinski definition) is 11. The van der Waals surface area contributed by atoms with Gasteiger partial charge in [0.25, 0.3) is 0 Å². The number of aliphatic hydroxyl groups is 1. The van der Waals surface area contributed by atoms with Gasteiger partial charge < -0.3 is 40.6 Å². The monoisotopic (exact) mass is 762 g/mol. The first-order valence-electron chi connectivity index (χ1n) is 17.5. The van der Waals surface area contributed by atoms with E-state index in [2.05, 4.69) is 20.6 Å². The molecule has 57 heavy (non-hydrogen) atoms. The molecule has 0 fully saturated rings. The second-order valence-corrected chi connectivity index (χ2v) is 13.1. The Morgan fingerprint density at radius 3 is 2.02 bits per heavy atom. The van der Waals surface area contributed by atoms with Crippen LogP contribution in [0.25, 0.3) is 55.2 Å². The number of rotatable bonds is 11. The maximum absolute atomic E-state index is 13.8. The minimum Gasteiger partial charge on any atom is -0.507 e. The summed E-state index contributed by atoms with van der Waals surface area (Å²) < 4.78 is 6.60. The van der Waals surface area contributed by atoms with Crippen LogP contribution in [0.5, 0.6) is 5.75 Å². The van der Waals surface area contributed by atoms with Gasteiger partial charge in [0.15, 0.2) is 5.43 Å². The van der Waals surface area contributed by atoms with E-state index in [-0.39, 0.29) is 81.4 Å². The summed E-state index contributed by atoms with van der Waals surface area (Å²) in [6, 6.07) is 26.5. The zero-order chi connectivity index (χ0) is 40.0.